The predicted molar refractivity (Wildman–Crippen MR) is 118 cm³/mol. The van der Waals surface area contributed by atoms with Crippen LogP contribution in [0.1, 0.15) is 36.6 Å². The lowest BCUT2D eigenvalue weighted by Crippen LogP contribution is -2.30. The summed E-state index contributed by atoms with van der Waals surface area (Å²) in [5.74, 6) is 0.981. The van der Waals surface area contributed by atoms with Crippen molar-refractivity contribution in [2.75, 3.05) is 25.0 Å². The van der Waals surface area contributed by atoms with Crippen LogP contribution in [-0.2, 0) is 19.4 Å². The number of unbranched alkanes of at least 4 members (excludes halogenated alkanes) is 1. The van der Waals surface area contributed by atoms with E-state index in [0.29, 0.717) is 0 Å². The lowest BCUT2D eigenvalue weighted by atomic mass is 10.0. The summed E-state index contributed by atoms with van der Waals surface area (Å²) in [4.78, 5) is 13.0. The van der Waals surface area contributed by atoms with Crippen LogP contribution in [-0.4, -0.2) is 35.9 Å². The van der Waals surface area contributed by atoms with E-state index >= 15 is 0 Å². The molecule has 4 nitrogen and oxygen atoms in total. The second-order valence-corrected chi connectivity index (χ2v) is 8.24. The monoisotopic (exact) mass is 390 g/mol. The zero-order valence-electron chi connectivity index (χ0n) is 17.1. The van der Waals surface area contributed by atoms with Crippen molar-refractivity contribution >= 4 is 28.1 Å². The van der Waals surface area contributed by atoms with Crippen molar-refractivity contribution in [1.29, 1.82) is 0 Å². The van der Waals surface area contributed by atoms with Gasteiger partial charge in [-0.1, -0.05) is 19.4 Å². The number of benzene rings is 2. The van der Waals surface area contributed by atoms with Gasteiger partial charge in [0.05, 0.1) is 5.69 Å². The van der Waals surface area contributed by atoms with E-state index < -0.39 is 0 Å². The summed E-state index contributed by atoms with van der Waals surface area (Å²) in [6, 6.07) is 11.7. The number of hydrogen-bond acceptors (Lipinski definition) is 3. The zero-order valence-corrected chi connectivity index (χ0v) is 17.1. The van der Waals surface area contributed by atoms with Crippen molar-refractivity contribution in [1.82, 2.24) is 9.88 Å². The van der Waals surface area contributed by atoms with Crippen molar-refractivity contribution in [3.63, 3.8) is 0 Å². The Kier molecular flexibility index (Phi) is 4.53. The van der Waals surface area contributed by atoms with Gasteiger partial charge in [0, 0.05) is 67.4 Å². The molecule has 3 heterocycles. The van der Waals surface area contributed by atoms with Gasteiger partial charge in [-0.15, -0.1) is 0 Å². The molecule has 3 aromatic rings. The maximum Gasteiger partial charge on any atom is 0.125 e. The number of aromatic nitrogens is 1. The molecule has 0 amide bonds. The van der Waals surface area contributed by atoms with Crippen molar-refractivity contribution in [2.45, 2.75) is 39.2 Å². The number of rotatable bonds is 4. The molecular formula is C24H27FN4. The molecule has 0 spiro atoms. The Bertz CT molecular complexity index is 1100. The van der Waals surface area contributed by atoms with E-state index in [0.717, 1.165) is 49.1 Å². The second-order valence-electron chi connectivity index (χ2n) is 8.24. The van der Waals surface area contributed by atoms with Crippen molar-refractivity contribution in [2.24, 2.45) is 4.99 Å². The van der Waals surface area contributed by atoms with Crippen LogP contribution >= 0.6 is 0 Å². The standard InChI is InChI=1S/C24H27FN4/c1-3-4-10-28(2)24-12-16-5-7-18(14-22(16)27-24)29-11-9-21-20(15-29)19-8-6-17(25)13-23(19)26-21/h5-8,13-14,26H,3-4,9-12,15H2,1-2H3. The first-order valence-electron chi connectivity index (χ1n) is 10.6. The van der Waals surface area contributed by atoms with Crippen LogP contribution in [0.15, 0.2) is 41.4 Å². The average molecular weight is 391 g/mol. The number of nitrogens with zero attached hydrogens (tertiary/aromatic N) is 3. The molecule has 0 atom stereocenters. The van der Waals surface area contributed by atoms with Crippen molar-refractivity contribution in [3.05, 3.63) is 59.0 Å². The number of anilines is 1. The van der Waals surface area contributed by atoms with Gasteiger partial charge in [0.2, 0.25) is 0 Å². The topological polar surface area (TPSA) is 34.6 Å². The number of H-pyrrole nitrogens is 1. The first kappa shape index (κ1) is 18.2. The van der Waals surface area contributed by atoms with Crippen LogP contribution in [0.3, 0.4) is 0 Å². The molecule has 2 aliphatic heterocycles. The van der Waals surface area contributed by atoms with Gasteiger partial charge in [-0.3, -0.25) is 0 Å². The van der Waals surface area contributed by atoms with Gasteiger partial charge >= 0.3 is 0 Å². The van der Waals surface area contributed by atoms with E-state index in [1.165, 1.54) is 41.2 Å². The molecule has 1 N–H and O–H groups in total. The lowest BCUT2D eigenvalue weighted by molar-refractivity contribution is 0.479. The van der Waals surface area contributed by atoms with Gasteiger partial charge in [-0.05, 0) is 42.3 Å². The van der Waals surface area contributed by atoms with E-state index in [9.17, 15) is 4.39 Å². The smallest absolute Gasteiger partial charge is 0.125 e. The van der Waals surface area contributed by atoms with Crippen LogP contribution < -0.4 is 4.90 Å². The highest BCUT2D eigenvalue weighted by atomic mass is 19.1. The van der Waals surface area contributed by atoms with Crippen molar-refractivity contribution in [3.8, 4) is 0 Å². The summed E-state index contributed by atoms with van der Waals surface area (Å²) in [5, 5.41) is 1.13. The molecule has 1 aromatic heterocycles. The molecule has 0 unspecified atom stereocenters. The molecule has 0 saturated heterocycles. The first-order chi connectivity index (χ1) is 14.1. The molecule has 0 radical (unpaired) electrons. The largest absolute Gasteiger partial charge is 0.367 e. The van der Waals surface area contributed by atoms with Gasteiger partial charge in [-0.2, -0.15) is 0 Å². The molecule has 2 aliphatic rings. The molecular weight excluding hydrogens is 363 g/mol. The molecule has 2 aromatic carbocycles. The van der Waals surface area contributed by atoms with Crippen LogP contribution in [0.2, 0.25) is 0 Å². The van der Waals surface area contributed by atoms with E-state index in [-0.39, 0.29) is 5.82 Å². The number of nitrogens with one attached hydrogen (secondary N) is 1. The fraction of sp³-hybridized carbons (Fsp3) is 0.375. The third kappa shape index (κ3) is 3.28. The highest BCUT2D eigenvalue weighted by molar-refractivity contribution is 5.93. The van der Waals surface area contributed by atoms with E-state index in [1.54, 1.807) is 12.1 Å². The Hall–Kier alpha value is -2.82. The Labute approximate surface area is 171 Å². The minimum atomic E-state index is -0.191. The quantitative estimate of drug-likeness (QED) is 0.665. The summed E-state index contributed by atoms with van der Waals surface area (Å²) in [7, 11) is 2.15. The summed E-state index contributed by atoms with van der Waals surface area (Å²) < 4.78 is 13.6. The number of likely N-dealkylation sites (N-methyl/N-ethyl adjacent to an activating group) is 1. The normalized spacial score (nSPS) is 15.4. The Balaban J connectivity index is 1.40. The number of amidine groups is 1. The maximum absolute atomic E-state index is 13.6. The van der Waals surface area contributed by atoms with Gasteiger partial charge in [-0.25, -0.2) is 9.38 Å². The van der Waals surface area contributed by atoms with Gasteiger partial charge in [0.15, 0.2) is 0 Å². The third-order valence-electron chi connectivity index (χ3n) is 6.26. The third-order valence-corrected chi connectivity index (χ3v) is 6.26. The van der Waals surface area contributed by atoms with Gasteiger partial charge in [0.25, 0.3) is 0 Å². The Morgan fingerprint density at radius 3 is 2.97 bits per heavy atom. The molecule has 150 valence electrons. The number of fused-ring (bicyclic) bond motifs is 4. The number of aliphatic imine (C=N–C) groups is 1. The summed E-state index contributed by atoms with van der Waals surface area (Å²) in [6.45, 7) is 5.08. The number of hydrogen-bond donors (Lipinski definition) is 1. The molecule has 0 fully saturated rings. The fourth-order valence-corrected chi connectivity index (χ4v) is 4.51. The van der Waals surface area contributed by atoms with Gasteiger partial charge < -0.3 is 14.8 Å². The molecule has 0 bridgehead atoms. The van der Waals surface area contributed by atoms with Crippen LogP contribution in [0, 0.1) is 5.82 Å². The number of halogens is 1. The highest BCUT2D eigenvalue weighted by Gasteiger charge is 2.23. The minimum Gasteiger partial charge on any atom is -0.367 e. The molecule has 0 saturated carbocycles. The van der Waals surface area contributed by atoms with E-state index in [2.05, 4.69) is 47.0 Å². The summed E-state index contributed by atoms with van der Waals surface area (Å²) in [5.41, 5.74) is 7.05. The van der Waals surface area contributed by atoms with Gasteiger partial charge in [0.1, 0.15) is 11.7 Å². The van der Waals surface area contributed by atoms with Crippen LogP contribution in [0.5, 0.6) is 0 Å². The van der Waals surface area contributed by atoms with Crippen molar-refractivity contribution < 1.29 is 4.39 Å². The highest BCUT2D eigenvalue weighted by Crippen LogP contribution is 2.35. The first-order valence-corrected chi connectivity index (χ1v) is 10.6. The zero-order chi connectivity index (χ0) is 20.0. The minimum absolute atomic E-state index is 0.191. The number of aromatic amines is 1. The molecule has 5 heteroatoms. The maximum atomic E-state index is 13.6. The second kappa shape index (κ2) is 7.21. The Morgan fingerprint density at radius 1 is 1.21 bits per heavy atom. The van der Waals surface area contributed by atoms with Crippen LogP contribution in [0.4, 0.5) is 15.8 Å². The lowest BCUT2D eigenvalue weighted by Gasteiger charge is -2.29. The molecule has 5 rings (SSSR count). The molecule has 29 heavy (non-hydrogen) atoms. The van der Waals surface area contributed by atoms with Crippen LogP contribution in [0.25, 0.3) is 10.9 Å². The van der Waals surface area contributed by atoms with E-state index in [4.69, 9.17) is 4.99 Å². The van der Waals surface area contributed by atoms with E-state index in [1.807, 2.05) is 6.07 Å². The SMILES string of the molecule is CCCCN(C)C1=Nc2cc(N3CCc4[nH]c5cc(F)ccc5c4C3)ccc2C1. The summed E-state index contributed by atoms with van der Waals surface area (Å²) in [6.07, 6.45) is 4.26. The average Bonchev–Trinajstić information content (AvgIpc) is 3.31. The summed E-state index contributed by atoms with van der Waals surface area (Å²) >= 11 is 0. The fourth-order valence-electron chi connectivity index (χ4n) is 4.51. The molecule has 0 aliphatic carbocycles. The predicted octanol–water partition coefficient (Wildman–Crippen LogP) is 5.19. The Morgan fingerprint density at radius 2 is 2.10 bits per heavy atom.